The fourth-order valence-electron chi connectivity index (χ4n) is 2.00. The molecule has 0 saturated carbocycles. The van der Waals surface area contributed by atoms with Gasteiger partial charge in [-0.2, -0.15) is 0 Å². The Labute approximate surface area is 113 Å². The third-order valence-corrected chi connectivity index (χ3v) is 3.57. The molecule has 0 unspecified atom stereocenters. The maximum Gasteiger partial charge on any atom is 0.0854 e. The minimum Gasteiger partial charge on any atom is -0.394 e. The largest absolute Gasteiger partial charge is 0.394 e. The Morgan fingerprint density at radius 3 is 2.53 bits per heavy atom. The number of likely N-dealkylation sites (N-methyl/N-ethyl adjacent to an activating group) is 1. The summed E-state index contributed by atoms with van der Waals surface area (Å²) in [6.45, 7) is 3.90. The summed E-state index contributed by atoms with van der Waals surface area (Å²) >= 11 is 0. The molecule has 0 aliphatic rings. The molecule has 0 bridgehead atoms. The fraction of sp³-hybridized carbons (Fsp3) is 0.400. The lowest BCUT2D eigenvalue weighted by Crippen LogP contribution is -2.44. The number of benzene rings is 1. The van der Waals surface area contributed by atoms with Gasteiger partial charge in [-0.3, -0.25) is 4.98 Å². The summed E-state index contributed by atoms with van der Waals surface area (Å²) in [4.78, 5) is 6.43. The summed E-state index contributed by atoms with van der Waals surface area (Å²) in [6.07, 6.45) is 0. The van der Waals surface area contributed by atoms with Crippen molar-refractivity contribution in [1.82, 2.24) is 4.98 Å². The van der Waals surface area contributed by atoms with E-state index in [1.807, 2.05) is 56.1 Å². The highest BCUT2D eigenvalue weighted by atomic mass is 16.3. The fourth-order valence-corrected chi connectivity index (χ4v) is 2.00. The van der Waals surface area contributed by atoms with Crippen LogP contribution >= 0.6 is 0 Å². The highest BCUT2D eigenvalue weighted by molar-refractivity contribution is 5.92. The van der Waals surface area contributed by atoms with Crippen molar-refractivity contribution in [2.24, 2.45) is 0 Å². The summed E-state index contributed by atoms with van der Waals surface area (Å²) in [7, 11) is 1.94. The summed E-state index contributed by atoms with van der Waals surface area (Å²) in [5.41, 5.74) is 2.07. The predicted molar refractivity (Wildman–Crippen MR) is 77.2 cm³/mol. The minimum atomic E-state index is -0.378. The number of aliphatic hydroxyl groups excluding tert-OH is 2. The van der Waals surface area contributed by atoms with E-state index in [0.717, 1.165) is 16.6 Å². The van der Waals surface area contributed by atoms with Crippen molar-refractivity contribution >= 4 is 16.6 Å². The van der Waals surface area contributed by atoms with Crippen molar-refractivity contribution in [3.05, 3.63) is 36.0 Å². The van der Waals surface area contributed by atoms with Crippen LogP contribution in [0.5, 0.6) is 0 Å². The number of rotatable bonds is 4. The van der Waals surface area contributed by atoms with Gasteiger partial charge in [-0.25, -0.2) is 0 Å². The van der Waals surface area contributed by atoms with Gasteiger partial charge in [0.2, 0.25) is 0 Å². The van der Waals surface area contributed by atoms with Gasteiger partial charge in [0.15, 0.2) is 0 Å². The second-order valence-corrected chi connectivity index (χ2v) is 5.34. The predicted octanol–water partition coefficient (Wildman–Crippen LogP) is 1.93. The molecule has 0 aliphatic heterocycles. The van der Waals surface area contributed by atoms with Gasteiger partial charge >= 0.3 is 0 Å². The van der Waals surface area contributed by atoms with Crippen molar-refractivity contribution in [1.29, 1.82) is 0 Å². The Morgan fingerprint density at radius 1 is 1.21 bits per heavy atom. The van der Waals surface area contributed by atoms with Crippen molar-refractivity contribution < 1.29 is 10.2 Å². The van der Waals surface area contributed by atoms with Crippen LogP contribution in [0.25, 0.3) is 10.9 Å². The number of hydrogen-bond donors (Lipinski definition) is 2. The molecule has 2 N–H and O–H groups in total. The number of fused-ring (bicyclic) bond motifs is 1. The molecule has 1 aromatic carbocycles. The first-order valence-electron chi connectivity index (χ1n) is 6.34. The molecule has 0 saturated heterocycles. The van der Waals surface area contributed by atoms with E-state index in [0.29, 0.717) is 5.69 Å². The van der Waals surface area contributed by atoms with E-state index in [1.165, 1.54) is 0 Å². The van der Waals surface area contributed by atoms with E-state index >= 15 is 0 Å². The van der Waals surface area contributed by atoms with Crippen LogP contribution < -0.4 is 4.90 Å². The maximum atomic E-state index is 9.52. The van der Waals surface area contributed by atoms with E-state index in [4.69, 9.17) is 0 Å². The van der Waals surface area contributed by atoms with Crippen LogP contribution in [0.1, 0.15) is 19.5 Å². The van der Waals surface area contributed by atoms with Crippen LogP contribution in [0.3, 0.4) is 0 Å². The molecule has 2 aromatic rings. The van der Waals surface area contributed by atoms with E-state index in [1.54, 1.807) is 0 Å². The highest BCUT2D eigenvalue weighted by Gasteiger charge is 2.24. The molecule has 0 radical (unpaired) electrons. The first kappa shape index (κ1) is 13.8. The van der Waals surface area contributed by atoms with Gasteiger partial charge in [-0.05, 0) is 26.0 Å². The summed E-state index contributed by atoms with van der Waals surface area (Å²) in [5.74, 6) is 0. The quantitative estimate of drug-likeness (QED) is 0.882. The standard InChI is InChI=1S/C15H20N2O2/c1-15(2,10-19)17(3)14-8-11(9-18)16-13-7-5-4-6-12(13)14/h4-8,18-19H,9-10H2,1-3H3. The SMILES string of the molecule is CN(c1cc(CO)nc2ccccc12)C(C)(C)CO. The Hall–Kier alpha value is -1.65. The second kappa shape index (κ2) is 5.15. The maximum absolute atomic E-state index is 9.52. The molecule has 0 spiro atoms. The van der Waals surface area contributed by atoms with E-state index in [-0.39, 0.29) is 18.8 Å². The molecular weight excluding hydrogens is 240 g/mol. The number of aromatic nitrogens is 1. The molecule has 1 aromatic heterocycles. The van der Waals surface area contributed by atoms with Crippen LogP contribution in [0, 0.1) is 0 Å². The number of anilines is 1. The number of hydrogen-bond acceptors (Lipinski definition) is 4. The van der Waals surface area contributed by atoms with Gasteiger partial charge in [-0.15, -0.1) is 0 Å². The molecule has 19 heavy (non-hydrogen) atoms. The van der Waals surface area contributed by atoms with Gasteiger partial charge < -0.3 is 15.1 Å². The lowest BCUT2D eigenvalue weighted by Gasteiger charge is -2.36. The monoisotopic (exact) mass is 260 g/mol. The summed E-state index contributed by atoms with van der Waals surface area (Å²) in [6, 6.07) is 9.70. The Morgan fingerprint density at radius 2 is 1.89 bits per heavy atom. The second-order valence-electron chi connectivity index (χ2n) is 5.34. The Bertz CT molecular complexity index is 581. The van der Waals surface area contributed by atoms with Gasteiger partial charge in [0, 0.05) is 18.1 Å². The van der Waals surface area contributed by atoms with Crippen LogP contribution in [0.2, 0.25) is 0 Å². The lowest BCUT2D eigenvalue weighted by atomic mass is 10.0. The van der Waals surface area contributed by atoms with Crippen molar-refractivity contribution in [3.8, 4) is 0 Å². The highest BCUT2D eigenvalue weighted by Crippen LogP contribution is 2.30. The van der Waals surface area contributed by atoms with Gasteiger partial charge in [0.05, 0.1) is 30.0 Å². The molecule has 0 atom stereocenters. The van der Waals surface area contributed by atoms with Crippen LogP contribution in [-0.2, 0) is 6.61 Å². The third-order valence-electron chi connectivity index (χ3n) is 3.57. The van der Waals surface area contributed by atoms with Gasteiger partial charge in [-0.1, -0.05) is 18.2 Å². The zero-order chi connectivity index (χ0) is 14.0. The third kappa shape index (κ3) is 2.55. The molecular formula is C15H20N2O2. The lowest BCUT2D eigenvalue weighted by molar-refractivity contribution is 0.216. The molecule has 2 rings (SSSR count). The van der Waals surface area contributed by atoms with Gasteiger partial charge in [0.1, 0.15) is 0 Å². The van der Waals surface area contributed by atoms with E-state index in [2.05, 4.69) is 4.98 Å². The van der Waals surface area contributed by atoms with Crippen molar-refractivity contribution in [2.45, 2.75) is 26.0 Å². The molecule has 4 nitrogen and oxygen atoms in total. The average molecular weight is 260 g/mol. The van der Waals surface area contributed by atoms with Crippen LogP contribution in [-0.4, -0.2) is 34.4 Å². The van der Waals surface area contributed by atoms with Crippen molar-refractivity contribution in [3.63, 3.8) is 0 Å². The molecule has 0 aliphatic carbocycles. The number of para-hydroxylation sites is 1. The smallest absolute Gasteiger partial charge is 0.0854 e. The van der Waals surface area contributed by atoms with Crippen LogP contribution in [0.15, 0.2) is 30.3 Å². The zero-order valence-electron chi connectivity index (χ0n) is 11.6. The number of nitrogens with zero attached hydrogens (tertiary/aromatic N) is 2. The van der Waals surface area contributed by atoms with E-state index < -0.39 is 0 Å². The normalized spacial score (nSPS) is 11.8. The summed E-state index contributed by atoms with van der Waals surface area (Å²) in [5, 5.41) is 19.9. The topological polar surface area (TPSA) is 56.6 Å². The molecule has 1 heterocycles. The first-order chi connectivity index (χ1) is 8.99. The van der Waals surface area contributed by atoms with Crippen LogP contribution in [0.4, 0.5) is 5.69 Å². The average Bonchev–Trinajstić information content (AvgIpc) is 2.45. The van der Waals surface area contributed by atoms with E-state index in [9.17, 15) is 10.2 Å². The van der Waals surface area contributed by atoms with Gasteiger partial charge in [0.25, 0.3) is 0 Å². The number of aliphatic hydroxyl groups is 2. The molecule has 0 fully saturated rings. The Balaban J connectivity index is 2.64. The molecule has 102 valence electrons. The minimum absolute atomic E-state index is 0.0502. The first-order valence-corrected chi connectivity index (χ1v) is 6.34. The summed E-state index contributed by atoms with van der Waals surface area (Å²) < 4.78 is 0. The zero-order valence-corrected chi connectivity index (χ0v) is 11.6. The number of pyridine rings is 1. The molecule has 4 heteroatoms. The molecule has 0 amide bonds. The Kier molecular flexibility index (Phi) is 3.73. The van der Waals surface area contributed by atoms with Crippen molar-refractivity contribution in [2.75, 3.05) is 18.6 Å².